The first kappa shape index (κ1) is 15.4. The van der Waals surface area contributed by atoms with E-state index in [0.29, 0.717) is 15.7 Å². The Hall–Kier alpha value is -1.95. The molecule has 2 aromatic rings. The lowest BCUT2D eigenvalue weighted by Crippen LogP contribution is -2.27. The highest BCUT2D eigenvalue weighted by molar-refractivity contribution is 9.10. The molecule has 0 aromatic heterocycles. The van der Waals surface area contributed by atoms with Gasteiger partial charge in [-0.25, -0.2) is 8.78 Å². The normalized spacial score (nSPS) is 12.0. The lowest BCUT2D eigenvalue weighted by molar-refractivity contribution is 0.0938. The number of rotatable bonds is 3. The Morgan fingerprint density at radius 2 is 1.95 bits per heavy atom. The minimum atomic E-state index is -0.679. The Kier molecular flexibility index (Phi) is 4.57. The van der Waals surface area contributed by atoms with Gasteiger partial charge < -0.3 is 11.1 Å². The molecule has 3 N–H and O–H groups in total. The van der Waals surface area contributed by atoms with E-state index in [4.69, 9.17) is 5.73 Å². The summed E-state index contributed by atoms with van der Waals surface area (Å²) in [7, 11) is 0. The molecular formula is C15H13BrF2N2O. The SMILES string of the molecule is CC(NC(=O)c1cc(N)ccc1Br)c1cc(F)ccc1F. The Bertz CT molecular complexity index is 691. The van der Waals surface area contributed by atoms with Crippen molar-refractivity contribution in [1.29, 1.82) is 0 Å². The van der Waals surface area contributed by atoms with Crippen molar-refractivity contribution in [2.24, 2.45) is 0 Å². The fourth-order valence-corrected chi connectivity index (χ4v) is 2.34. The second-order valence-corrected chi connectivity index (χ2v) is 5.45. The number of hydrogen-bond donors (Lipinski definition) is 2. The lowest BCUT2D eigenvalue weighted by Gasteiger charge is -2.16. The third kappa shape index (κ3) is 3.58. The Balaban J connectivity index is 2.23. The molecule has 2 rings (SSSR count). The van der Waals surface area contributed by atoms with E-state index in [2.05, 4.69) is 21.2 Å². The minimum absolute atomic E-state index is 0.0865. The highest BCUT2D eigenvalue weighted by Gasteiger charge is 2.17. The van der Waals surface area contributed by atoms with Crippen LogP contribution >= 0.6 is 15.9 Å². The molecule has 0 saturated heterocycles. The first-order valence-electron chi connectivity index (χ1n) is 6.19. The molecule has 6 heteroatoms. The number of hydrogen-bond acceptors (Lipinski definition) is 2. The van der Waals surface area contributed by atoms with Crippen LogP contribution in [-0.2, 0) is 0 Å². The van der Waals surface area contributed by atoms with E-state index in [-0.39, 0.29) is 5.56 Å². The minimum Gasteiger partial charge on any atom is -0.399 e. The zero-order valence-electron chi connectivity index (χ0n) is 11.2. The van der Waals surface area contributed by atoms with Crippen molar-refractivity contribution >= 4 is 27.5 Å². The fourth-order valence-electron chi connectivity index (χ4n) is 1.92. The zero-order chi connectivity index (χ0) is 15.6. The van der Waals surface area contributed by atoms with Crippen LogP contribution in [0, 0.1) is 11.6 Å². The van der Waals surface area contributed by atoms with Crippen molar-refractivity contribution in [3.63, 3.8) is 0 Å². The average molecular weight is 355 g/mol. The van der Waals surface area contributed by atoms with Crippen molar-refractivity contribution in [3.05, 3.63) is 63.6 Å². The molecule has 0 heterocycles. The quantitative estimate of drug-likeness (QED) is 0.823. The van der Waals surface area contributed by atoms with E-state index >= 15 is 0 Å². The molecule has 3 nitrogen and oxygen atoms in total. The van der Waals surface area contributed by atoms with Crippen LogP contribution in [0.25, 0.3) is 0 Å². The summed E-state index contributed by atoms with van der Waals surface area (Å²) in [5.41, 5.74) is 6.50. The summed E-state index contributed by atoms with van der Waals surface area (Å²) >= 11 is 3.25. The van der Waals surface area contributed by atoms with Crippen molar-refractivity contribution < 1.29 is 13.6 Å². The monoisotopic (exact) mass is 354 g/mol. The smallest absolute Gasteiger partial charge is 0.252 e. The highest BCUT2D eigenvalue weighted by Crippen LogP contribution is 2.22. The van der Waals surface area contributed by atoms with Gasteiger partial charge >= 0.3 is 0 Å². The number of amides is 1. The molecule has 0 saturated carbocycles. The second kappa shape index (κ2) is 6.22. The third-order valence-corrected chi connectivity index (χ3v) is 3.70. The van der Waals surface area contributed by atoms with Gasteiger partial charge in [-0.1, -0.05) is 0 Å². The number of halogens is 3. The second-order valence-electron chi connectivity index (χ2n) is 4.60. The van der Waals surface area contributed by atoms with Crippen LogP contribution in [0.15, 0.2) is 40.9 Å². The number of carbonyl (C=O) groups excluding carboxylic acids is 1. The topological polar surface area (TPSA) is 55.1 Å². The van der Waals surface area contributed by atoms with Crippen LogP contribution in [0.5, 0.6) is 0 Å². The molecule has 0 spiro atoms. The first-order chi connectivity index (χ1) is 9.88. The van der Waals surface area contributed by atoms with E-state index in [1.54, 1.807) is 19.1 Å². The molecule has 110 valence electrons. The molecule has 0 aliphatic rings. The summed E-state index contributed by atoms with van der Waals surface area (Å²) in [6.07, 6.45) is 0. The number of nitrogens with one attached hydrogen (secondary N) is 1. The number of benzene rings is 2. The van der Waals surface area contributed by atoms with E-state index in [1.807, 2.05) is 0 Å². The number of anilines is 1. The maximum Gasteiger partial charge on any atom is 0.252 e. The van der Waals surface area contributed by atoms with Gasteiger partial charge in [-0.2, -0.15) is 0 Å². The molecule has 1 atom stereocenters. The van der Waals surface area contributed by atoms with Gasteiger partial charge in [-0.05, 0) is 59.3 Å². The number of nitrogen functional groups attached to an aromatic ring is 1. The van der Waals surface area contributed by atoms with Gasteiger partial charge in [-0.3, -0.25) is 4.79 Å². The van der Waals surface area contributed by atoms with Gasteiger partial charge in [0.05, 0.1) is 11.6 Å². The Morgan fingerprint density at radius 1 is 1.24 bits per heavy atom. The van der Waals surface area contributed by atoms with E-state index in [0.717, 1.165) is 18.2 Å². The number of carbonyl (C=O) groups is 1. The van der Waals surface area contributed by atoms with Crippen molar-refractivity contribution in [2.45, 2.75) is 13.0 Å². The average Bonchev–Trinajstić information content (AvgIpc) is 2.43. The Labute approximate surface area is 129 Å². The van der Waals surface area contributed by atoms with Crippen molar-refractivity contribution in [2.75, 3.05) is 5.73 Å². The maximum absolute atomic E-state index is 13.7. The molecule has 0 radical (unpaired) electrons. The Morgan fingerprint density at radius 3 is 2.67 bits per heavy atom. The van der Waals surface area contributed by atoms with E-state index < -0.39 is 23.6 Å². The van der Waals surface area contributed by atoms with Crippen LogP contribution in [0.4, 0.5) is 14.5 Å². The summed E-state index contributed by atoms with van der Waals surface area (Å²) in [6.45, 7) is 1.58. The summed E-state index contributed by atoms with van der Waals surface area (Å²) in [5.74, 6) is -1.56. The van der Waals surface area contributed by atoms with Gasteiger partial charge in [0.1, 0.15) is 11.6 Å². The molecule has 0 fully saturated rings. The number of nitrogens with two attached hydrogens (primary N) is 1. The van der Waals surface area contributed by atoms with Crippen LogP contribution in [0.3, 0.4) is 0 Å². The van der Waals surface area contributed by atoms with Gasteiger partial charge in [0.15, 0.2) is 0 Å². The van der Waals surface area contributed by atoms with Crippen LogP contribution < -0.4 is 11.1 Å². The fraction of sp³-hybridized carbons (Fsp3) is 0.133. The lowest BCUT2D eigenvalue weighted by atomic mass is 10.1. The van der Waals surface area contributed by atoms with Crippen molar-refractivity contribution in [3.8, 4) is 0 Å². The molecule has 0 aliphatic heterocycles. The molecule has 21 heavy (non-hydrogen) atoms. The standard InChI is InChI=1S/C15H13BrF2N2O/c1-8(11-6-9(17)2-5-14(11)18)20-15(21)12-7-10(19)3-4-13(12)16/h2-8H,19H2,1H3,(H,20,21). The zero-order valence-corrected chi connectivity index (χ0v) is 12.7. The molecule has 0 bridgehead atoms. The van der Waals surface area contributed by atoms with Crippen molar-refractivity contribution in [1.82, 2.24) is 5.32 Å². The van der Waals surface area contributed by atoms with Crippen LogP contribution in [0.1, 0.15) is 28.9 Å². The predicted molar refractivity (Wildman–Crippen MR) is 80.8 cm³/mol. The third-order valence-electron chi connectivity index (χ3n) is 3.01. The first-order valence-corrected chi connectivity index (χ1v) is 6.98. The summed E-state index contributed by atoms with van der Waals surface area (Å²) in [5, 5.41) is 2.62. The van der Waals surface area contributed by atoms with E-state index in [1.165, 1.54) is 6.07 Å². The van der Waals surface area contributed by atoms with Gasteiger partial charge in [0, 0.05) is 15.7 Å². The van der Waals surface area contributed by atoms with Gasteiger partial charge in [0.25, 0.3) is 5.91 Å². The maximum atomic E-state index is 13.7. The van der Waals surface area contributed by atoms with Crippen LogP contribution in [-0.4, -0.2) is 5.91 Å². The molecular weight excluding hydrogens is 342 g/mol. The summed E-state index contributed by atoms with van der Waals surface area (Å²) < 4.78 is 27.4. The summed E-state index contributed by atoms with van der Waals surface area (Å²) in [4.78, 5) is 12.2. The highest BCUT2D eigenvalue weighted by atomic mass is 79.9. The largest absolute Gasteiger partial charge is 0.399 e. The molecule has 0 aliphatic carbocycles. The predicted octanol–water partition coefficient (Wildman–Crippen LogP) is 3.80. The summed E-state index contributed by atoms with van der Waals surface area (Å²) in [6, 6.07) is 7.25. The van der Waals surface area contributed by atoms with Gasteiger partial charge in [-0.15, -0.1) is 0 Å². The molecule has 2 aromatic carbocycles. The van der Waals surface area contributed by atoms with Gasteiger partial charge in [0.2, 0.25) is 0 Å². The van der Waals surface area contributed by atoms with E-state index in [9.17, 15) is 13.6 Å². The van der Waals surface area contributed by atoms with Crippen LogP contribution in [0.2, 0.25) is 0 Å². The molecule has 1 amide bonds. The molecule has 1 unspecified atom stereocenters.